The molecular formula is C27H36ClNO. The first-order chi connectivity index (χ1) is 14.3. The molecule has 0 radical (unpaired) electrons. The highest BCUT2D eigenvalue weighted by atomic mass is 35.5. The quantitative estimate of drug-likeness (QED) is 0.214. The van der Waals surface area contributed by atoms with Crippen molar-refractivity contribution in [2.75, 3.05) is 0 Å². The van der Waals surface area contributed by atoms with Gasteiger partial charge in [0.05, 0.1) is 0 Å². The molecule has 0 N–H and O–H groups in total. The van der Waals surface area contributed by atoms with E-state index in [-0.39, 0.29) is 5.78 Å². The van der Waals surface area contributed by atoms with Gasteiger partial charge in [-0.2, -0.15) is 0 Å². The molecule has 0 atom stereocenters. The van der Waals surface area contributed by atoms with Gasteiger partial charge in [-0.3, -0.25) is 4.79 Å². The van der Waals surface area contributed by atoms with Gasteiger partial charge in [0, 0.05) is 18.2 Å². The number of aromatic nitrogens is 1. The molecule has 0 saturated heterocycles. The van der Waals surface area contributed by atoms with E-state index in [0.717, 1.165) is 58.3 Å². The second-order valence-electron chi connectivity index (χ2n) is 7.52. The number of halogens is 1. The molecule has 0 aliphatic carbocycles. The topological polar surface area (TPSA) is 30.0 Å². The molecule has 0 unspecified atom stereocenters. The summed E-state index contributed by atoms with van der Waals surface area (Å²) in [5.74, 6) is 0.221. The molecule has 0 aromatic carbocycles. The summed E-state index contributed by atoms with van der Waals surface area (Å²) in [6.07, 6.45) is 15.7. The molecule has 1 aromatic heterocycles. The lowest BCUT2D eigenvalue weighted by Crippen LogP contribution is -2.04. The Morgan fingerprint density at radius 1 is 1.20 bits per heavy atom. The molecule has 1 rings (SSSR count). The average Bonchev–Trinajstić information content (AvgIpc) is 2.71. The van der Waals surface area contributed by atoms with E-state index < -0.39 is 0 Å². The van der Waals surface area contributed by atoms with Crippen LogP contribution in [0, 0.1) is 6.92 Å². The minimum atomic E-state index is 0.221. The Hall–Kier alpha value is -2.19. The average molecular weight is 426 g/mol. The first kappa shape index (κ1) is 25.8. The Morgan fingerprint density at radius 2 is 1.90 bits per heavy atom. The van der Waals surface area contributed by atoms with Crippen LogP contribution in [0.1, 0.15) is 78.4 Å². The summed E-state index contributed by atoms with van der Waals surface area (Å²) in [5, 5.41) is 0.497. The van der Waals surface area contributed by atoms with Crippen LogP contribution in [0.4, 0.5) is 0 Å². The van der Waals surface area contributed by atoms with Crippen molar-refractivity contribution in [1.29, 1.82) is 0 Å². The zero-order valence-electron chi connectivity index (χ0n) is 19.6. The molecule has 0 fully saturated rings. The van der Waals surface area contributed by atoms with Crippen LogP contribution in [0.5, 0.6) is 0 Å². The highest BCUT2D eigenvalue weighted by molar-refractivity contribution is 6.29. The summed E-state index contributed by atoms with van der Waals surface area (Å²) in [6, 6.07) is 1.88. The van der Waals surface area contributed by atoms with Crippen molar-refractivity contribution in [1.82, 2.24) is 4.98 Å². The maximum absolute atomic E-state index is 12.7. The zero-order chi connectivity index (χ0) is 22.7. The van der Waals surface area contributed by atoms with Crippen LogP contribution < -0.4 is 0 Å². The minimum absolute atomic E-state index is 0.221. The van der Waals surface area contributed by atoms with Gasteiger partial charge in [-0.05, 0) is 93.0 Å². The first-order valence-corrected chi connectivity index (χ1v) is 11.2. The lowest BCUT2D eigenvalue weighted by Gasteiger charge is -2.13. The summed E-state index contributed by atoms with van der Waals surface area (Å²) in [7, 11) is 0. The number of hydrogen-bond acceptors (Lipinski definition) is 2. The summed E-state index contributed by atoms with van der Waals surface area (Å²) < 4.78 is 0. The Balaban J connectivity index is 3.54. The second kappa shape index (κ2) is 13.2. The summed E-state index contributed by atoms with van der Waals surface area (Å²) in [5.41, 5.74) is 7.38. The van der Waals surface area contributed by atoms with Crippen molar-refractivity contribution in [3.63, 3.8) is 0 Å². The van der Waals surface area contributed by atoms with Crippen molar-refractivity contribution in [2.45, 2.75) is 74.1 Å². The van der Waals surface area contributed by atoms with Gasteiger partial charge in [-0.25, -0.2) is 4.98 Å². The van der Waals surface area contributed by atoms with Crippen LogP contribution >= 0.6 is 11.6 Å². The highest BCUT2D eigenvalue weighted by Gasteiger charge is 2.12. The van der Waals surface area contributed by atoms with Crippen molar-refractivity contribution in [3.05, 3.63) is 80.7 Å². The number of hydrogen-bond donors (Lipinski definition) is 0. The molecular weight excluding hydrogens is 390 g/mol. The van der Waals surface area contributed by atoms with Crippen molar-refractivity contribution < 1.29 is 4.79 Å². The minimum Gasteiger partial charge on any atom is -0.294 e. The van der Waals surface area contributed by atoms with E-state index in [4.69, 9.17) is 11.6 Å². The van der Waals surface area contributed by atoms with E-state index in [1.807, 2.05) is 26.8 Å². The van der Waals surface area contributed by atoms with E-state index in [0.29, 0.717) is 11.6 Å². The van der Waals surface area contributed by atoms with E-state index in [1.54, 1.807) is 6.20 Å². The van der Waals surface area contributed by atoms with E-state index >= 15 is 0 Å². The second-order valence-corrected chi connectivity index (χ2v) is 7.91. The fraction of sp³-hybridized carbons (Fsp3) is 0.407. The Bertz CT molecular complexity index is 897. The van der Waals surface area contributed by atoms with Crippen molar-refractivity contribution >= 4 is 23.5 Å². The van der Waals surface area contributed by atoms with Gasteiger partial charge < -0.3 is 0 Å². The van der Waals surface area contributed by atoms with Crippen LogP contribution in [-0.4, -0.2) is 10.8 Å². The standard InChI is InChI=1S/C27H36ClNO/c1-8-12-14-22(17-23-18-29-27(28)16-20(23)6)24(11-4)21(7)15-25(19(5)10-3)26(30)13-9-2/h11-12,14-18H,8-10,13H2,1-7H3/b14-12+,21-15-,22-17+,24-11+,25-19-. The fourth-order valence-electron chi connectivity index (χ4n) is 3.22. The number of carbonyl (C=O) groups excluding carboxylic acids is 1. The number of allylic oxidation sites excluding steroid dienone is 9. The largest absolute Gasteiger partial charge is 0.294 e. The fourth-order valence-corrected chi connectivity index (χ4v) is 3.43. The molecule has 0 saturated carbocycles. The molecule has 2 nitrogen and oxygen atoms in total. The molecule has 1 aromatic rings. The predicted molar refractivity (Wildman–Crippen MR) is 132 cm³/mol. The number of pyridine rings is 1. The number of carbonyl (C=O) groups is 1. The SMILES string of the molecule is C/C=C(C(\C)=C/C(C(=O)CCC)=C(\C)CC)/C(/C=C/CC)=C/c1cnc(Cl)cc1C. The Kier molecular flexibility index (Phi) is 11.4. The smallest absolute Gasteiger partial charge is 0.162 e. The number of ketones is 1. The molecule has 162 valence electrons. The van der Waals surface area contributed by atoms with Crippen LogP contribution in [0.2, 0.25) is 5.15 Å². The highest BCUT2D eigenvalue weighted by Crippen LogP contribution is 2.27. The maximum atomic E-state index is 12.7. The van der Waals surface area contributed by atoms with Gasteiger partial charge in [-0.15, -0.1) is 0 Å². The van der Waals surface area contributed by atoms with E-state index in [2.05, 4.69) is 63.1 Å². The lowest BCUT2D eigenvalue weighted by atomic mass is 9.91. The summed E-state index contributed by atoms with van der Waals surface area (Å²) in [4.78, 5) is 17.0. The third-order valence-corrected chi connectivity index (χ3v) is 5.32. The first-order valence-electron chi connectivity index (χ1n) is 10.9. The van der Waals surface area contributed by atoms with Crippen LogP contribution in [0.25, 0.3) is 6.08 Å². The van der Waals surface area contributed by atoms with Crippen LogP contribution in [0.3, 0.4) is 0 Å². The lowest BCUT2D eigenvalue weighted by molar-refractivity contribution is -0.115. The van der Waals surface area contributed by atoms with Crippen molar-refractivity contribution in [2.24, 2.45) is 0 Å². The van der Waals surface area contributed by atoms with E-state index in [9.17, 15) is 4.79 Å². The number of Topliss-reactive ketones (excluding diaryl/α,β-unsaturated/α-hetero) is 1. The molecule has 0 amide bonds. The van der Waals surface area contributed by atoms with Gasteiger partial charge in [0.25, 0.3) is 0 Å². The number of nitrogens with zero attached hydrogens (tertiary/aromatic N) is 1. The van der Waals surface area contributed by atoms with Crippen molar-refractivity contribution in [3.8, 4) is 0 Å². The maximum Gasteiger partial charge on any atom is 0.162 e. The molecule has 0 bridgehead atoms. The van der Waals surface area contributed by atoms with Gasteiger partial charge in [0.1, 0.15) is 5.15 Å². The molecule has 1 heterocycles. The molecule has 0 spiro atoms. The molecule has 0 aliphatic rings. The van der Waals surface area contributed by atoms with Gasteiger partial charge in [0.15, 0.2) is 5.78 Å². The monoisotopic (exact) mass is 425 g/mol. The van der Waals surface area contributed by atoms with E-state index in [1.165, 1.54) is 0 Å². The third-order valence-electron chi connectivity index (χ3n) is 5.11. The van der Waals surface area contributed by atoms with Crippen LogP contribution in [0.15, 0.2) is 64.4 Å². The third kappa shape index (κ3) is 7.57. The summed E-state index contributed by atoms with van der Waals surface area (Å²) >= 11 is 6.03. The van der Waals surface area contributed by atoms with Gasteiger partial charge in [-0.1, -0.05) is 56.2 Å². The molecule has 0 aliphatic heterocycles. The van der Waals surface area contributed by atoms with Gasteiger partial charge in [0.2, 0.25) is 0 Å². The number of rotatable bonds is 10. The Labute approximate surface area is 188 Å². The Morgan fingerprint density at radius 3 is 2.43 bits per heavy atom. The molecule has 30 heavy (non-hydrogen) atoms. The predicted octanol–water partition coefficient (Wildman–Crippen LogP) is 8.38. The summed E-state index contributed by atoms with van der Waals surface area (Å²) in [6.45, 7) is 14.5. The normalized spacial score (nSPS) is 14.3. The van der Waals surface area contributed by atoms with Gasteiger partial charge >= 0.3 is 0 Å². The molecule has 3 heteroatoms. The van der Waals surface area contributed by atoms with Crippen LogP contribution in [-0.2, 0) is 4.79 Å². The number of aryl methyl sites for hydroxylation is 1. The zero-order valence-corrected chi connectivity index (χ0v) is 20.4.